The summed E-state index contributed by atoms with van der Waals surface area (Å²) in [4.78, 5) is 12.7. The molecule has 21 heavy (non-hydrogen) atoms. The molecule has 0 amide bonds. The Kier molecular flexibility index (Phi) is 4.40. The number of H-pyrrole nitrogens is 1. The normalized spacial score (nSPS) is 11.6. The van der Waals surface area contributed by atoms with Crippen LogP contribution in [-0.4, -0.2) is 9.78 Å². The quantitative estimate of drug-likeness (QED) is 0.902. The SMILES string of the molecule is Cc1ccc(-n2[nH]c(CC(C)C)c(C(C)C)c2=O)cc1C. The maximum absolute atomic E-state index is 12.7. The largest absolute Gasteiger partial charge is 0.295 e. The maximum atomic E-state index is 12.7. The van der Waals surface area contributed by atoms with Crippen LogP contribution in [-0.2, 0) is 6.42 Å². The van der Waals surface area contributed by atoms with Crippen LogP contribution in [0.3, 0.4) is 0 Å². The van der Waals surface area contributed by atoms with E-state index < -0.39 is 0 Å². The molecule has 0 aliphatic carbocycles. The van der Waals surface area contributed by atoms with Crippen molar-refractivity contribution in [1.29, 1.82) is 0 Å². The van der Waals surface area contributed by atoms with E-state index in [1.807, 2.05) is 6.07 Å². The molecule has 3 nitrogen and oxygen atoms in total. The Bertz CT molecular complexity index is 690. The van der Waals surface area contributed by atoms with Crippen LogP contribution in [0.2, 0.25) is 0 Å². The Hall–Kier alpha value is -1.77. The molecule has 1 N–H and O–H groups in total. The monoisotopic (exact) mass is 286 g/mol. The number of hydrogen-bond acceptors (Lipinski definition) is 1. The highest BCUT2D eigenvalue weighted by molar-refractivity contribution is 5.40. The van der Waals surface area contributed by atoms with E-state index in [-0.39, 0.29) is 11.5 Å². The van der Waals surface area contributed by atoms with Crippen molar-refractivity contribution in [3.8, 4) is 5.69 Å². The lowest BCUT2D eigenvalue weighted by Gasteiger charge is -2.07. The molecule has 0 aliphatic heterocycles. The predicted octanol–water partition coefficient (Wildman–Crippen LogP) is 4.10. The van der Waals surface area contributed by atoms with Crippen molar-refractivity contribution in [2.45, 2.75) is 53.9 Å². The zero-order valence-corrected chi connectivity index (χ0v) is 13.9. The summed E-state index contributed by atoms with van der Waals surface area (Å²) in [7, 11) is 0. The summed E-state index contributed by atoms with van der Waals surface area (Å²) in [6.45, 7) is 12.7. The molecule has 0 atom stereocenters. The van der Waals surface area contributed by atoms with Crippen molar-refractivity contribution < 1.29 is 0 Å². The molecule has 0 saturated heterocycles. The van der Waals surface area contributed by atoms with Gasteiger partial charge >= 0.3 is 0 Å². The second-order valence-electron chi connectivity index (χ2n) is 6.67. The molecule has 114 valence electrons. The van der Waals surface area contributed by atoms with Crippen molar-refractivity contribution in [2.24, 2.45) is 5.92 Å². The third-order valence-electron chi connectivity index (χ3n) is 3.94. The van der Waals surface area contributed by atoms with Crippen LogP contribution < -0.4 is 5.56 Å². The summed E-state index contributed by atoms with van der Waals surface area (Å²) in [5.41, 5.74) is 5.43. The van der Waals surface area contributed by atoms with Crippen molar-refractivity contribution in [2.75, 3.05) is 0 Å². The molecule has 3 heteroatoms. The maximum Gasteiger partial charge on any atom is 0.274 e. The van der Waals surface area contributed by atoms with Gasteiger partial charge in [0.2, 0.25) is 0 Å². The zero-order chi connectivity index (χ0) is 15.7. The molecule has 1 heterocycles. The highest BCUT2D eigenvalue weighted by Gasteiger charge is 2.18. The second kappa shape index (κ2) is 5.92. The number of benzene rings is 1. The van der Waals surface area contributed by atoms with Crippen LogP contribution in [0.1, 0.15) is 56.0 Å². The molecule has 0 aliphatic rings. The average molecular weight is 286 g/mol. The minimum Gasteiger partial charge on any atom is -0.295 e. The molecule has 0 fully saturated rings. The van der Waals surface area contributed by atoms with E-state index in [1.54, 1.807) is 4.68 Å². The highest BCUT2D eigenvalue weighted by atomic mass is 16.1. The van der Waals surface area contributed by atoms with E-state index in [4.69, 9.17) is 0 Å². The number of aromatic amines is 1. The molecule has 1 aromatic carbocycles. The summed E-state index contributed by atoms with van der Waals surface area (Å²) < 4.78 is 1.69. The number of aryl methyl sites for hydroxylation is 2. The first-order valence-electron chi connectivity index (χ1n) is 7.72. The van der Waals surface area contributed by atoms with Crippen LogP contribution >= 0.6 is 0 Å². The molecular weight excluding hydrogens is 260 g/mol. The number of hydrogen-bond donors (Lipinski definition) is 1. The summed E-state index contributed by atoms with van der Waals surface area (Å²) in [6.07, 6.45) is 0.903. The second-order valence-corrected chi connectivity index (χ2v) is 6.67. The third kappa shape index (κ3) is 3.12. The lowest BCUT2D eigenvalue weighted by molar-refractivity contribution is 0.621. The first kappa shape index (κ1) is 15.6. The van der Waals surface area contributed by atoms with Crippen LogP contribution in [0.25, 0.3) is 5.69 Å². The molecule has 0 saturated carbocycles. The van der Waals surface area contributed by atoms with Gasteiger partial charge in [0.15, 0.2) is 0 Å². The van der Waals surface area contributed by atoms with Gasteiger partial charge in [-0.1, -0.05) is 33.8 Å². The van der Waals surface area contributed by atoms with Crippen LogP contribution in [0, 0.1) is 19.8 Å². The van der Waals surface area contributed by atoms with Crippen molar-refractivity contribution in [1.82, 2.24) is 9.78 Å². The zero-order valence-electron chi connectivity index (χ0n) is 13.9. The summed E-state index contributed by atoms with van der Waals surface area (Å²) in [6, 6.07) is 6.13. The minimum absolute atomic E-state index is 0.0869. The van der Waals surface area contributed by atoms with Crippen molar-refractivity contribution >= 4 is 0 Å². The minimum atomic E-state index is 0.0869. The molecule has 2 rings (SSSR count). The topological polar surface area (TPSA) is 37.8 Å². The number of nitrogens with one attached hydrogen (secondary N) is 1. The van der Waals surface area contributed by atoms with Crippen molar-refractivity contribution in [3.05, 3.63) is 50.9 Å². The van der Waals surface area contributed by atoms with Gasteiger partial charge in [-0.05, 0) is 55.4 Å². The molecule has 0 spiro atoms. The Morgan fingerprint density at radius 1 is 1.10 bits per heavy atom. The molecule has 0 unspecified atom stereocenters. The fourth-order valence-electron chi connectivity index (χ4n) is 2.70. The van der Waals surface area contributed by atoms with Crippen LogP contribution in [0.15, 0.2) is 23.0 Å². The molecule has 1 aromatic heterocycles. The molecule has 0 bridgehead atoms. The number of rotatable bonds is 4. The van der Waals surface area contributed by atoms with Gasteiger partial charge in [0.1, 0.15) is 0 Å². The van der Waals surface area contributed by atoms with Gasteiger partial charge in [-0.15, -0.1) is 0 Å². The van der Waals surface area contributed by atoms with E-state index in [1.165, 1.54) is 11.1 Å². The Balaban J connectivity index is 2.59. The van der Waals surface area contributed by atoms with Crippen LogP contribution in [0.4, 0.5) is 0 Å². The Morgan fingerprint density at radius 3 is 2.29 bits per heavy atom. The predicted molar refractivity (Wildman–Crippen MR) is 88.5 cm³/mol. The standard InChI is InChI=1S/C18H26N2O/c1-11(2)9-16-17(12(3)4)18(21)20(19-16)15-8-7-13(5)14(6)10-15/h7-8,10-12,19H,9H2,1-6H3. The van der Waals surface area contributed by atoms with Gasteiger partial charge in [-0.25, -0.2) is 4.68 Å². The van der Waals surface area contributed by atoms with Gasteiger partial charge in [0, 0.05) is 11.3 Å². The Labute approximate surface area is 127 Å². The Morgan fingerprint density at radius 2 is 1.76 bits per heavy atom. The number of aromatic nitrogens is 2. The fraction of sp³-hybridized carbons (Fsp3) is 0.500. The summed E-state index contributed by atoms with van der Waals surface area (Å²) >= 11 is 0. The van der Waals surface area contributed by atoms with E-state index >= 15 is 0 Å². The van der Waals surface area contributed by atoms with Gasteiger partial charge in [-0.3, -0.25) is 9.89 Å². The fourth-order valence-corrected chi connectivity index (χ4v) is 2.70. The van der Waals surface area contributed by atoms with Gasteiger partial charge < -0.3 is 0 Å². The molecule has 2 aromatic rings. The first-order valence-corrected chi connectivity index (χ1v) is 7.72. The average Bonchev–Trinajstić information content (AvgIpc) is 2.69. The van der Waals surface area contributed by atoms with Gasteiger partial charge in [-0.2, -0.15) is 0 Å². The number of nitrogens with zero attached hydrogens (tertiary/aromatic N) is 1. The third-order valence-corrected chi connectivity index (χ3v) is 3.94. The van der Waals surface area contributed by atoms with Gasteiger partial charge in [0.25, 0.3) is 5.56 Å². The van der Waals surface area contributed by atoms with E-state index in [9.17, 15) is 4.79 Å². The lowest BCUT2D eigenvalue weighted by Crippen LogP contribution is -2.18. The van der Waals surface area contributed by atoms with E-state index in [0.29, 0.717) is 5.92 Å². The summed E-state index contributed by atoms with van der Waals surface area (Å²) in [5.74, 6) is 0.754. The van der Waals surface area contributed by atoms with Gasteiger partial charge in [0.05, 0.1) is 5.69 Å². The van der Waals surface area contributed by atoms with E-state index in [2.05, 4.69) is 58.8 Å². The van der Waals surface area contributed by atoms with Crippen LogP contribution in [0.5, 0.6) is 0 Å². The molecule has 0 radical (unpaired) electrons. The lowest BCUT2D eigenvalue weighted by atomic mass is 9.98. The summed E-state index contributed by atoms with van der Waals surface area (Å²) in [5, 5.41) is 3.33. The highest BCUT2D eigenvalue weighted by Crippen LogP contribution is 2.20. The smallest absolute Gasteiger partial charge is 0.274 e. The first-order chi connectivity index (χ1) is 9.81. The van der Waals surface area contributed by atoms with E-state index in [0.717, 1.165) is 23.4 Å². The molecular formula is C18H26N2O. The van der Waals surface area contributed by atoms with Crippen molar-refractivity contribution in [3.63, 3.8) is 0 Å².